The SMILES string of the molecule is C=C(NC/C=C\C=C/C(C)C)C(=C)C(C)(C)C. The van der Waals surface area contributed by atoms with E-state index in [1.54, 1.807) is 0 Å². The quantitative estimate of drug-likeness (QED) is 0.668. The summed E-state index contributed by atoms with van der Waals surface area (Å²) >= 11 is 0. The highest BCUT2D eigenvalue weighted by Crippen LogP contribution is 2.27. The topological polar surface area (TPSA) is 12.0 Å². The lowest BCUT2D eigenvalue weighted by atomic mass is 9.86. The third-order valence-electron chi connectivity index (χ3n) is 2.45. The van der Waals surface area contributed by atoms with Crippen LogP contribution in [0.1, 0.15) is 34.6 Å². The lowest BCUT2D eigenvalue weighted by molar-refractivity contribution is 0.505. The normalized spacial score (nSPS) is 12.6. The van der Waals surface area contributed by atoms with Crippen LogP contribution in [0.15, 0.2) is 48.7 Å². The zero-order valence-electron chi connectivity index (χ0n) is 12.0. The predicted octanol–water partition coefficient (Wildman–Crippen LogP) is 4.46. The van der Waals surface area contributed by atoms with E-state index in [-0.39, 0.29) is 5.41 Å². The van der Waals surface area contributed by atoms with E-state index in [1.165, 1.54) is 0 Å². The maximum Gasteiger partial charge on any atom is 0.0333 e. The summed E-state index contributed by atoms with van der Waals surface area (Å²) in [5.74, 6) is 0.600. The molecule has 0 unspecified atom stereocenters. The fraction of sp³-hybridized carbons (Fsp3) is 0.500. The van der Waals surface area contributed by atoms with Gasteiger partial charge in [-0.1, -0.05) is 72.1 Å². The highest BCUT2D eigenvalue weighted by Gasteiger charge is 2.16. The first kappa shape index (κ1) is 15.8. The molecule has 0 aromatic carbocycles. The Morgan fingerprint density at radius 3 is 2.24 bits per heavy atom. The maximum atomic E-state index is 4.06. The lowest BCUT2D eigenvalue weighted by Crippen LogP contribution is -2.20. The summed E-state index contributed by atoms with van der Waals surface area (Å²) in [6.45, 7) is 19.6. The summed E-state index contributed by atoms with van der Waals surface area (Å²) in [6, 6.07) is 0. The minimum absolute atomic E-state index is 0.0747. The van der Waals surface area contributed by atoms with Crippen molar-refractivity contribution in [2.24, 2.45) is 11.3 Å². The minimum Gasteiger partial charge on any atom is -0.382 e. The van der Waals surface area contributed by atoms with E-state index in [1.807, 2.05) is 0 Å². The van der Waals surface area contributed by atoms with Gasteiger partial charge in [-0.25, -0.2) is 0 Å². The van der Waals surface area contributed by atoms with Gasteiger partial charge in [0.2, 0.25) is 0 Å². The molecule has 1 heteroatoms. The number of allylic oxidation sites excluding steroid dienone is 4. The van der Waals surface area contributed by atoms with E-state index >= 15 is 0 Å². The number of rotatable bonds is 6. The zero-order valence-corrected chi connectivity index (χ0v) is 12.0. The van der Waals surface area contributed by atoms with Crippen molar-refractivity contribution in [2.45, 2.75) is 34.6 Å². The zero-order chi connectivity index (χ0) is 13.5. The molecule has 0 atom stereocenters. The molecule has 1 nitrogen and oxygen atoms in total. The fourth-order valence-electron chi connectivity index (χ4n) is 1.17. The van der Waals surface area contributed by atoms with E-state index in [0.717, 1.165) is 17.8 Å². The van der Waals surface area contributed by atoms with Crippen molar-refractivity contribution in [1.82, 2.24) is 5.32 Å². The van der Waals surface area contributed by atoms with Crippen LogP contribution in [-0.2, 0) is 0 Å². The highest BCUT2D eigenvalue weighted by atomic mass is 14.9. The molecule has 96 valence electrons. The van der Waals surface area contributed by atoms with Crippen LogP contribution in [-0.4, -0.2) is 6.54 Å². The second-order valence-corrected chi connectivity index (χ2v) is 5.65. The van der Waals surface area contributed by atoms with Crippen molar-refractivity contribution in [3.8, 4) is 0 Å². The molecular weight excluding hydrogens is 206 g/mol. The second-order valence-electron chi connectivity index (χ2n) is 5.65. The fourth-order valence-corrected chi connectivity index (χ4v) is 1.17. The van der Waals surface area contributed by atoms with Crippen LogP contribution in [0.4, 0.5) is 0 Å². The van der Waals surface area contributed by atoms with Crippen LogP contribution in [0.2, 0.25) is 0 Å². The van der Waals surface area contributed by atoms with Crippen molar-refractivity contribution in [3.05, 3.63) is 48.7 Å². The number of hydrogen-bond donors (Lipinski definition) is 1. The Labute approximate surface area is 107 Å². The molecule has 0 saturated carbocycles. The average molecular weight is 233 g/mol. The van der Waals surface area contributed by atoms with Crippen LogP contribution in [0, 0.1) is 11.3 Å². The molecule has 0 rings (SSSR count). The highest BCUT2D eigenvalue weighted by molar-refractivity contribution is 5.29. The van der Waals surface area contributed by atoms with Crippen LogP contribution in [0.5, 0.6) is 0 Å². The van der Waals surface area contributed by atoms with Gasteiger partial charge < -0.3 is 5.32 Å². The van der Waals surface area contributed by atoms with Gasteiger partial charge in [0, 0.05) is 12.2 Å². The third kappa shape index (κ3) is 7.62. The molecule has 0 aromatic rings. The van der Waals surface area contributed by atoms with Crippen molar-refractivity contribution in [3.63, 3.8) is 0 Å². The average Bonchev–Trinajstić information content (AvgIpc) is 2.19. The van der Waals surface area contributed by atoms with Crippen LogP contribution >= 0.6 is 0 Å². The summed E-state index contributed by atoms with van der Waals surface area (Å²) in [6.07, 6.45) is 8.38. The monoisotopic (exact) mass is 233 g/mol. The Balaban J connectivity index is 3.99. The van der Waals surface area contributed by atoms with Gasteiger partial charge in [-0.2, -0.15) is 0 Å². The number of hydrogen-bond acceptors (Lipinski definition) is 1. The molecule has 0 radical (unpaired) electrons. The summed E-state index contributed by atoms with van der Waals surface area (Å²) in [5.41, 5.74) is 2.06. The first-order valence-electron chi connectivity index (χ1n) is 6.21. The Hall–Kier alpha value is -1.24. The molecule has 0 aliphatic rings. The van der Waals surface area contributed by atoms with E-state index < -0.39 is 0 Å². The van der Waals surface area contributed by atoms with Crippen LogP contribution in [0.3, 0.4) is 0 Å². The number of nitrogens with one attached hydrogen (secondary N) is 1. The van der Waals surface area contributed by atoms with Gasteiger partial charge in [0.05, 0.1) is 0 Å². The van der Waals surface area contributed by atoms with Crippen molar-refractivity contribution in [2.75, 3.05) is 6.54 Å². The first-order chi connectivity index (χ1) is 7.75. The van der Waals surface area contributed by atoms with Gasteiger partial charge in [-0.15, -0.1) is 0 Å². The molecular formula is C16H27N. The molecule has 0 bridgehead atoms. The summed E-state index contributed by atoms with van der Waals surface area (Å²) in [5, 5.41) is 3.26. The van der Waals surface area contributed by atoms with Crippen molar-refractivity contribution < 1.29 is 0 Å². The molecule has 0 aromatic heterocycles. The maximum absolute atomic E-state index is 4.06. The standard InChI is InChI=1S/C16H27N/c1-13(2)11-9-8-10-12-17-15(4)14(3)16(5,6)7/h8-11,13,17H,3-4,12H2,1-2,5-7H3/b10-8-,11-9-. The van der Waals surface area contributed by atoms with E-state index in [2.05, 4.69) is 77.4 Å². The molecule has 0 aliphatic heterocycles. The largest absolute Gasteiger partial charge is 0.382 e. The Morgan fingerprint density at radius 2 is 1.76 bits per heavy atom. The summed E-state index contributed by atoms with van der Waals surface area (Å²) in [4.78, 5) is 0. The third-order valence-corrected chi connectivity index (χ3v) is 2.45. The van der Waals surface area contributed by atoms with Crippen LogP contribution in [0.25, 0.3) is 0 Å². The Morgan fingerprint density at radius 1 is 1.18 bits per heavy atom. The molecule has 0 spiro atoms. The minimum atomic E-state index is 0.0747. The van der Waals surface area contributed by atoms with Gasteiger partial charge in [-0.3, -0.25) is 0 Å². The first-order valence-corrected chi connectivity index (χ1v) is 6.21. The summed E-state index contributed by atoms with van der Waals surface area (Å²) in [7, 11) is 0. The van der Waals surface area contributed by atoms with E-state index in [9.17, 15) is 0 Å². The van der Waals surface area contributed by atoms with Gasteiger partial charge in [0.1, 0.15) is 0 Å². The lowest BCUT2D eigenvalue weighted by Gasteiger charge is -2.24. The van der Waals surface area contributed by atoms with Gasteiger partial charge >= 0.3 is 0 Å². The molecule has 1 N–H and O–H groups in total. The van der Waals surface area contributed by atoms with E-state index in [4.69, 9.17) is 0 Å². The second kappa shape index (κ2) is 7.16. The molecule has 0 saturated heterocycles. The van der Waals surface area contributed by atoms with Crippen molar-refractivity contribution >= 4 is 0 Å². The van der Waals surface area contributed by atoms with E-state index in [0.29, 0.717) is 5.92 Å². The molecule has 0 aliphatic carbocycles. The Bertz CT molecular complexity index is 311. The predicted molar refractivity (Wildman–Crippen MR) is 78.9 cm³/mol. The molecule has 0 heterocycles. The molecule has 17 heavy (non-hydrogen) atoms. The van der Waals surface area contributed by atoms with Gasteiger partial charge in [0.25, 0.3) is 0 Å². The molecule has 0 fully saturated rings. The van der Waals surface area contributed by atoms with Crippen LogP contribution < -0.4 is 5.32 Å². The van der Waals surface area contributed by atoms with Crippen molar-refractivity contribution in [1.29, 1.82) is 0 Å². The summed E-state index contributed by atoms with van der Waals surface area (Å²) < 4.78 is 0. The smallest absolute Gasteiger partial charge is 0.0333 e. The molecule has 0 amide bonds. The van der Waals surface area contributed by atoms with Gasteiger partial charge in [-0.05, 0) is 16.9 Å². The Kier molecular flexibility index (Phi) is 6.64. The van der Waals surface area contributed by atoms with Gasteiger partial charge in [0.15, 0.2) is 0 Å².